The molecule has 1 unspecified atom stereocenters. The first-order valence-corrected chi connectivity index (χ1v) is 10.8. The number of furan rings is 1. The number of ether oxygens (including phenoxy) is 1. The molecule has 178 valence electrons. The van der Waals surface area contributed by atoms with Gasteiger partial charge in [-0.2, -0.15) is 13.2 Å². The molecule has 35 heavy (non-hydrogen) atoms. The lowest BCUT2D eigenvalue weighted by atomic mass is 9.98. The second kappa shape index (κ2) is 8.92. The van der Waals surface area contributed by atoms with E-state index in [4.69, 9.17) is 9.15 Å². The molecule has 0 bridgehead atoms. The third kappa shape index (κ3) is 4.38. The molecule has 6 nitrogen and oxygen atoms in total. The molecule has 0 aliphatic heterocycles. The van der Waals surface area contributed by atoms with Gasteiger partial charge in [0.2, 0.25) is 5.82 Å². The molecule has 2 heterocycles. The lowest BCUT2D eigenvalue weighted by Crippen LogP contribution is -2.29. The summed E-state index contributed by atoms with van der Waals surface area (Å²) in [5.74, 6) is -1.42. The number of benzene rings is 3. The van der Waals surface area contributed by atoms with E-state index in [0.717, 1.165) is 10.9 Å². The minimum atomic E-state index is -4.59. The highest BCUT2D eigenvalue weighted by Gasteiger charge is 2.35. The predicted octanol–water partition coefficient (Wildman–Crippen LogP) is 5.99. The van der Waals surface area contributed by atoms with E-state index >= 15 is 0 Å². The molecule has 0 radical (unpaired) electrons. The van der Waals surface area contributed by atoms with Crippen LogP contribution in [0.5, 0.6) is 0 Å². The number of imidazole rings is 1. The number of methoxy groups -OCH3 is 1. The molecule has 0 aliphatic rings. The maximum absolute atomic E-state index is 13.4. The zero-order valence-electron chi connectivity index (χ0n) is 18.5. The summed E-state index contributed by atoms with van der Waals surface area (Å²) in [7, 11) is 1.53. The van der Waals surface area contributed by atoms with E-state index in [1.165, 1.54) is 13.2 Å². The third-order valence-electron chi connectivity index (χ3n) is 5.71. The van der Waals surface area contributed by atoms with Gasteiger partial charge in [-0.05, 0) is 29.3 Å². The second-order valence-corrected chi connectivity index (χ2v) is 8.02. The highest BCUT2D eigenvalue weighted by Crippen LogP contribution is 2.32. The van der Waals surface area contributed by atoms with E-state index < -0.39 is 23.9 Å². The quantitative estimate of drug-likeness (QED) is 0.313. The van der Waals surface area contributed by atoms with Gasteiger partial charge in [0.05, 0.1) is 23.7 Å². The van der Waals surface area contributed by atoms with Crippen molar-refractivity contribution in [3.8, 4) is 0 Å². The Balaban J connectivity index is 1.56. The fourth-order valence-corrected chi connectivity index (χ4v) is 4.11. The Morgan fingerprint density at radius 2 is 1.80 bits per heavy atom. The van der Waals surface area contributed by atoms with E-state index in [2.05, 4.69) is 15.3 Å². The van der Waals surface area contributed by atoms with Crippen LogP contribution in [0.4, 0.5) is 13.2 Å². The fraction of sp³-hybridized carbons (Fsp3) is 0.154. The molecule has 0 saturated carbocycles. The zero-order valence-corrected chi connectivity index (χ0v) is 18.5. The number of rotatable bonds is 6. The SMILES string of the molecule is COCc1c(C(=O)NC(c2ccccc2)c2ccc3nc(C(F)(F)F)[nH]c3c2)oc2ccccc12. The highest BCUT2D eigenvalue weighted by atomic mass is 19.4. The molecule has 1 amide bonds. The number of fused-ring (bicyclic) bond motifs is 2. The van der Waals surface area contributed by atoms with Gasteiger partial charge < -0.3 is 19.5 Å². The van der Waals surface area contributed by atoms with Crippen LogP contribution < -0.4 is 5.32 Å². The van der Waals surface area contributed by atoms with Crippen LogP contribution in [0.3, 0.4) is 0 Å². The fourth-order valence-electron chi connectivity index (χ4n) is 4.11. The van der Waals surface area contributed by atoms with Crippen molar-refractivity contribution in [2.45, 2.75) is 18.8 Å². The molecule has 2 N–H and O–H groups in total. The number of halogens is 3. The third-order valence-corrected chi connectivity index (χ3v) is 5.71. The van der Waals surface area contributed by atoms with Gasteiger partial charge in [-0.25, -0.2) is 4.98 Å². The Morgan fingerprint density at radius 3 is 2.54 bits per heavy atom. The van der Waals surface area contributed by atoms with Crippen molar-refractivity contribution < 1.29 is 27.1 Å². The Kier molecular flexibility index (Phi) is 5.78. The number of nitrogens with zero attached hydrogens (tertiary/aromatic N) is 1. The van der Waals surface area contributed by atoms with E-state index in [-0.39, 0.29) is 23.4 Å². The van der Waals surface area contributed by atoms with Gasteiger partial charge in [0.1, 0.15) is 5.58 Å². The van der Waals surface area contributed by atoms with Crippen molar-refractivity contribution in [1.82, 2.24) is 15.3 Å². The Morgan fingerprint density at radius 1 is 1.06 bits per heavy atom. The van der Waals surface area contributed by atoms with Gasteiger partial charge in [0.25, 0.3) is 5.91 Å². The summed E-state index contributed by atoms with van der Waals surface area (Å²) in [4.78, 5) is 19.4. The van der Waals surface area contributed by atoms with Crippen LogP contribution in [0.25, 0.3) is 22.0 Å². The molecule has 2 aromatic heterocycles. The van der Waals surface area contributed by atoms with Gasteiger partial charge in [0.15, 0.2) is 5.76 Å². The number of nitrogens with one attached hydrogen (secondary N) is 2. The first-order valence-electron chi connectivity index (χ1n) is 10.8. The molecule has 0 aliphatic carbocycles. The molecular formula is C26H20F3N3O3. The maximum atomic E-state index is 13.4. The monoisotopic (exact) mass is 479 g/mol. The molecule has 5 aromatic rings. The van der Waals surface area contributed by atoms with Crippen LogP contribution in [0.15, 0.2) is 77.2 Å². The van der Waals surface area contributed by atoms with Crippen LogP contribution in [0.2, 0.25) is 0 Å². The number of aromatic amines is 1. The van der Waals surface area contributed by atoms with Crippen LogP contribution in [-0.4, -0.2) is 23.0 Å². The molecule has 0 spiro atoms. The van der Waals surface area contributed by atoms with E-state index in [1.54, 1.807) is 18.2 Å². The lowest BCUT2D eigenvalue weighted by molar-refractivity contribution is -0.144. The van der Waals surface area contributed by atoms with Crippen molar-refractivity contribution in [3.05, 3.63) is 101 Å². The summed E-state index contributed by atoms with van der Waals surface area (Å²) < 4.78 is 50.5. The van der Waals surface area contributed by atoms with Crippen molar-refractivity contribution in [3.63, 3.8) is 0 Å². The standard InChI is InChI=1S/C26H20F3N3O3/c1-34-14-18-17-9-5-6-10-21(17)35-23(18)24(33)32-22(15-7-3-2-4-8-15)16-11-12-19-20(13-16)31-25(30-19)26(27,28)29/h2-13,22H,14H2,1H3,(H,30,31)(H,32,33). The van der Waals surface area contributed by atoms with E-state index in [0.29, 0.717) is 16.7 Å². The number of hydrogen-bond donors (Lipinski definition) is 2. The number of hydrogen-bond acceptors (Lipinski definition) is 4. The zero-order chi connectivity index (χ0) is 24.6. The average molecular weight is 479 g/mol. The van der Waals surface area contributed by atoms with Crippen molar-refractivity contribution in [1.29, 1.82) is 0 Å². The first-order chi connectivity index (χ1) is 16.8. The summed E-state index contributed by atoms with van der Waals surface area (Å²) in [6.45, 7) is 0.177. The molecule has 3 aromatic carbocycles. The van der Waals surface area contributed by atoms with Crippen molar-refractivity contribution >= 4 is 27.9 Å². The van der Waals surface area contributed by atoms with Gasteiger partial charge in [-0.1, -0.05) is 54.6 Å². The minimum Gasteiger partial charge on any atom is -0.451 e. The second-order valence-electron chi connectivity index (χ2n) is 8.02. The van der Waals surface area contributed by atoms with Gasteiger partial charge in [-0.3, -0.25) is 4.79 Å². The normalized spacial score (nSPS) is 12.8. The number of para-hydroxylation sites is 1. The molecule has 9 heteroatoms. The number of alkyl halides is 3. The maximum Gasteiger partial charge on any atom is 0.449 e. The average Bonchev–Trinajstić information content (AvgIpc) is 3.45. The molecule has 1 atom stereocenters. The molecule has 5 rings (SSSR count). The molecule has 0 saturated heterocycles. The number of carbonyl (C=O) groups excluding carboxylic acids is 1. The Bertz CT molecular complexity index is 1510. The number of aromatic nitrogens is 2. The predicted molar refractivity (Wildman–Crippen MR) is 124 cm³/mol. The molecule has 0 fully saturated rings. The summed E-state index contributed by atoms with van der Waals surface area (Å²) in [6.07, 6.45) is -4.59. The van der Waals surface area contributed by atoms with Crippen LogP contribution in [-0.2, 0) is 17.5 Å². The Hall–Kier alpha value is -4.11. The Labute approximate surface area is 197 Å². The number of amides is 1. The van der Waals surface area contributed by atoms with Crippen LogP contribution >= 0.6 is 0 Å². The van der Waals surface area contributed by atoms with Crippen LogP contribution in [0, 0.1) is 0 Å². The van der Waals surface area contributed by atoms with Gasteiger partial charge in [-0.15, -0.1) is 0 Å². The summed E-state index contributed by atoms with van der Waals surface area (Å²) in [5, 5.41) is 3.76. The smallest absolute Gasteiger partial charge is 0.449 e. The lowest BCUT2D eigenvalue weighted by Gasteiger charge is -2.20. The van der Waals surface area contributed by atoms with E-state index in [9.17, 15) is 18.0 Å². The highest BCUT2D eigenvalue weighted by molar-refractivity contribution is 5.99. The molecular weight excluding hydrogens is 459 g/mol. The summed E-state index contributed by atoms with van der Waals surface area (Å²) in [5.41, 5.74) is 2.90. The van der Waals surface area contributed by atoms with E-state index in [1.807, 2.05) is 48.5 Å². The first kappa shape index (κ1) is 22.7. The minimum absolute atomic E-state index is 0.121. The summed E-state index contributed by atoms with van der Waals surface area (Å²) >= 11 is 0. The van der Waals surface area contributed by atoms with Crippen molar-refractivity contribution in [2.24, 2.45) is 0 Å². The number of H-pyrrole nitrogens is 1. The van der Waals surface area contributed by atoms with Gasteiger partial charge in [0, 0.05) is 18.1 Å². The van der Waals surface area contributed by atoms with Crippen LogP contribution in [0.1, 0.15) is 39.1 Å². The largest absolute Gasteiger partial charge is 0.451 e. The van der Waals surface area contributed by atoms with Crippen molar-refractivity contribution in [2.75, 3.05) is 7.11 Å². The topological polar surface area (TPSA) is 80.1 Å². The summed E-state index contributed by atoms with van der Waals surface area (Å²) in [6, 6.07) is 20.5. The van der Waals surface area contributed by atoms with Gasteiger partial charge >= 0.3 is 6.18 Å². The number of carbonyl (C=O) groups is 1.